The number of para-hydroxylation sites is 1. The van der Waals surface area contributed by atoms with Gasteiger partial charge < -0.3 is 9.47 Å². The van der Waals surface area contributed by atoms with E-state index < -0.39 is 23.9 Å². The van der Waals surface area contributed by atoms with Crippen LogP contribution in [-0.4, -0.2) is 24.8 Å². The van der Waals surface area contributed by atoms with Crippen LogP contribution in [0.25, 0.3) is 0 Å². The summed E-state index contributed by atoms with van der Waals surface area (Å²) in [6.07, 6.45) is -4.81. The van der Waals surface area contributed by atoms with E-state index in [1.165, 1.54) is 0 Å². The number of nitrogens with one attached hydrogen (secondary N) is 2. The monoisotopic (exact) mass is 382 g/mol. The smallest absolute Gasteiger partial charge is 0.483 e. The molecule has 6 nitrogen and oxygen atoms in total. The number of carbonyl (C=O) groups excluding carboxylic acids is 2. The van der Waals surface area contributed by atoms with Crippen LogP contribution in [0.3, 0.4) is 0 Å². The van der Waals surface area contributed by atoms with Crippen molar-refractivity contribution < 1.29 is 32.2 Å². The molecule has 0 atom stereocenters. The molecule has 2 rings (SSSR count). The fourth-order valence-electron chi connectivity index (χ4n) is 2.21. The highest BCUT2D eigenvalue weighted by Crippen LogP contribution is 2.23. The average Bonchev–Trinajstić information content (AvgIpc) is 2.58. The fraction of sp³-hybridized carbons (Fsp3) is 0.222. The van der Waals surface area contributed by atoms with Crippen molar-refractivity contribution in [3.8, 4) is 11.5 Å². The summed E-state index contributed by atoms with van der Waals surface area (Å²) in [5, 5.41) is 0. The quantitative estimate of drug-likeness (QED) is 0.780. The van der Waals surface area contributed by atoms with Gasteiger partial charge in [-0.1, -0.05) is 18.2 Å². The van der Waals surface area contributed by atoms with E-state index in [0.717, 1.165) is 35.4 Å². The predicted molar refractivity (Wildman–Crippen MR) is 90.1 cm³/mol. The number of ether oxygens (including phenoxy) is 2. The summed E-state index contributed by atoms with van der Waals surface area (Å²) >= 11 is 0. The molecule has 0 saturated heterocycles. The highest BCUT2D eigenvalue weighted by Gasteiger charge is 2.31. The molecule has 2 aromatic rings. The molecule has 144 valence electrons. The molecule has 0 fully saturated rings. The van der Waals surface area contributed by atoms with Gasteiger partial charge in [0.2, 0.25) is 0 Å². The second kappa shape index (κ2) is 8.43. The summed E-state index contributed by atoms with van der Waals surface area (Å²) < 4.78 is 45.4. The molecule has 0 bridgehead atoms. The minimum atomic E-state index is -4.81. The number of hydrogen-bond donors (Lipinski definition) is 2. The third-order valence-corrected chi connectivity index (χ3v) is 3.42. The number of hydrazine groups is 1. The van der Waals surface area contributed by atoms with E-state index in [0.29, 0.717) is 5.75 Å². The SMILES string of the molecule is Cc1cccc(C)c1OCC(=O)NNC(=O)c1ccc(OC(F)(F)F)cc1. The fourth-order valence-corrected chi connectivity index (χ4v) is 2.21. The van der Waals surface area contributed by atoms with Crippen molar-refractivity contribution in [2.24, 2.45) is 0 Å². The first-order valence-corrected chi connectivity index (χ1v) is 7.80. The number of alkyl halides is 3. The van der Waals surface area contributed by atoms with E-state index in [1.54, 1.807) is 0 Å². The average molecular weight is 382 g/mol. The van der Waals surface area contributed by atoms with Gasteiger partial charge in [0, 0.05) is 5.56 Å². The van der Waals surface area contributed by atoms with Crippen molar-refractivity contribution in [1.82, 2.24) is 10.9 Å². The molecule has 0 heterocycles. The van der Waals surface area contributed by atoms with Gasteiger partial charge >= 0.3 is 6.36 Å². The first kappa shape index (κ1) is 20.1. The second-order valence-corrected chi connectivity index (χ2v) is 5.58. The molecule has 2 N–H and O–H groups in total. The Bertz CT molecular complexity index is 800. The van der Waals surface area contributed by atoms with Crippen LogP contribution in [0.5, 0.6) is 11.5 Å². The number of rotatable bonds is 5. The summed E-state index contributed by atoms with van der Waals surface area (Å²) in [6, 6.07) is 9.80. The van der Waals surface area contributed by atoms with Gasteiger partial charge in [0.15, 0.2) is 6.61 Å². The zero-order chi connectivity index (χ0) is 20.0. The third kappa shape index (κ3) is 6.21. The molecule has 0 aliphatic heterocycles. The van der Waals surface area contributed by atoms with Gasteiger partial charge in [-0.25, -0.2) is 0 Å². The van der Waals surface area contributed by atoms with E-state index in [2.05, 4.69) is 15.6 Å². The van der Waals surface area contributed by atoms with Crippen LogP contribution in [0.15, 0.2) is 42.5 Å². The zero-order valence-electron chi connectivity index (χ0n) is 14.5. The molecule has 2 amide bonds. The number of carbonyl (C=O) groups is 2. The normalized spacial score (nSPS) is 10.9. The Labute approximate surface area is 153 Å². The van der Waals surface area contributed by atoms with Crippen LogP contribution < -0.4 is 20.3 Å². The lowest BCUT2D eigenvalue weighted by Crippen LogP contribution is -2.43. The lowest BCUT2D eigenvalue weighted by atomic mass is 10.1. The Kier molecular flexibility index (Phi) is 6.27. The van der Waals surface area contributed by atoms with E-state index in [9.17, 15) is 22.8 Å². The minimum absolute atomic E-state index is 0.0421. The molecule has 9 heteroatoms. The van der Waals surface area contributed by atoms with Gasteiger partial charge in [-0.15, -0.1) is 13.2 Å². The maximum Gasteiger partial charge on any atom is 0.573 e. The number of benzene rings is 2. The van der Waals surface area contributed by atoms with Gasteiger partial charge in [0.25, 0.3) is 11.8 Å². The van der Waals surface area contributed by atoms with Crippen molar-refractivity contribution >= 4 is 11.8 Å². The molecular weight excluding hydrogens is 365 g/mol. The highest BCUT2D eigenvalue weighted by molar-refractivity contribution is 5.95. The Hall–Kier alpha value is -3.23. The second-order valence-electron chi connectivity index (χ2n) is 5.58. The van der Waals surface area contributed by atoms with E-state index in [4.69, 9.17) is 4.74 Å². The molecule has 0 radical (unpaired) electrons. The maximum absolute atomic E-state index is 12.1. The van der Waals surface area contributed by atoms with Crippen molar-refractivity contribution in [1.29, 1.82) is 0 Å². The zero-order valence-corrected chi connectivity index (χ0v) is 14.5. The van der Waals surface area contributed by atoms with Crippen LogP contribution in [0, 0.1) is 13.8 Å². The molecule has 0 aromatic heterocycles. The molecular formula is C18H17F3N2O4. The standard InChI is InChI=1S/C18H17F3N2O4/c1-11-4-3-5-12(2)16(11)26-10-15(24)22-23-17(25)13-6-8-14(9-7-13)27-18(19,20)21/h3-9H,10H2,1-2H3,(H,22,24)(H,23,25). The summed E-state index contributed by atoms with van der Waals surface area (Å²) in [4.78, 5) is 23.7. The first-order chi connectivity index (χ1) is 12.7. The molecule has 27 heavy (non-hydrogen) atoms. The molecule has 0 saturated carbocycles. The van der Waals surface area contributed by atoms with Crippen molar-refractivity contribution in [3.05, 3.63) is 59.2 Å². The van der Waals surface area contributed by atoms with E-state index in [-0.39, 0.29) is 12.2 Å². The summed E-state index contributed by atoms with van der Waals surface area (Å²) in [5.74, 6) is -1.17. The first-order valence-electron chi connectivity index (χ1n) is 7.80. The van der Waals surface area contributed by atoms with Crippen LogP contribution in [0.1, 0.15) is 21.5 Å². The third-order valence-electron chi connectivity index (χ3n) is 3.42. The maximum atomic E-state index is 12.1. The summed E-state index contributed by atoms with van der Waals surface area (Å²) in [7, 11) is 0. The lowest BCUT2D eigenvalue weighted by Gasteiger charge is -2.12. The highest BCUT2D eigenvalue weighted by atomic mass is 19.4. The summed E-state index contributed by atoms with van der Waals surface area (Å²) in [6.45, 7) is 3.37. The van der Waals surface area contributed by atoms with Gasteiger partial charge in [0.05, 0.1) is 0 Å². The van der Waals surface area contributed by atoms with Crippen LogP contribution in [0.4, 0.5) is 13.2 Å². The minimum Gasteiger partial charge on any atom is -0.483 e. The Morgan fingerprint density at radius 3 is 2.11 bits per heavy atom. The Morgan fingerprint density at radius 1 is 0.963 bits per heavy atom. The van der Waals surface area contributed by atoms with E-state index >= 15 is 0 Å². The van der Waals surface area contributed by atoms with Gasteiger partial charge in [-0.2, -0.15) is 0 Å². The van der Waals surface area contributed by atoms with Crippen LogP contribution >= 0.6 is 0 Å². The van der Waals surface area contributed by atoms with Crippen LogP contribution in [-0.2, 0) is 4.79 Å². The number of hydrogen-bond acceptors (Lipinski definition) is 4. The van der Waals surface area contributed by atoms with Crippen LogP contribution in [0.2, 0.25) is 0 Å². The predicted octanol–water partition coefficient (Wildman–Crippen LogP) is 3.04. The van der Waals surface area contributed by atoms with Crippen molar-refractivity contribution in [2.75, 3.05) is 6.61 Å². The largest absolute Gasteiger partial charge is 0.573 e. The van der Waals surface area contributed by atoms with Gasteiger partial charge in [0.1, 0.15) is 11.5 Å². The molecule has 0 aliphatic carbocycles. The Balaban J connectivity index is 1.83. The summed E-state index contributed by atoms with van der Waals surface area (Å²) in [5.41, 5.74) is 6.10. The van der Waals surface area contributed by atoms with Gasteiger partial charge in [-0.05, 0) is 49.2 Å². The van der Waals surface area contributed by atoms with E-state index in [1.807, 2.05) is 32.0 Å². The number of halogens is 3. The lowest BCUT2D eigenvalue weighted by molar-refractivity contribution is -0.274. The number of amides is 2. The van der Waals surface area contributed by atoms with Crippen molar-refractivity contribution in [3.63, 3.8) is 0 Å². The molecule has 0 unspecified atom stereocenters. The molecule has 2 aromatic carbocycles. The topological polar surface area (TPSA) is 76.7 Å². The molecule has 0 aliphatic rings. The van der Waals surface area contributed by atoms with Gasteiger partial charge in [-0.3, -0.25) is 20.4 Å². The molecule has 0 spiro atoms. The van der Waals surface area contributed by atoms with Crippen molar-refractivity contribution in [2.45, 2.75) is 20.2 Å². The number of aryl methyl sites for hydroxylation is 2. The Morgan fingerprint density at radius 2 is 1.56 bits per heavy atom.